The van der Waals surface area contributed by atoms with E-state index in [-0.39, 0.29) is 46.9 Å². The van der Waals surface area contributed by atoms with Gasteiger partial charge in [-0.3, -0.25) is 4.79 Å². The third kappa shape index (κ3) is 4.43. The fourth-order valence-corrected chi connectivity index (χ4v) is 4.23. The quantitative estimate of drug-likeness (QED) is 0.612. The molecule has 3 nitrogen and oxygen atoms in total. The van der Waals surface area contributed by atoms with Crippen molar-refractivity contribution in [3.8, 4) is 0 Å². The number of carbonyl (C=O) groups excluding carboxylic acids is 1. The van der Waals surface area contributed by atoms with Gasteiger partial charge in [-0.25, -0.2) is 8.78 Å². The largest absolute Gasteiger partial charge is 0.387 e. The molecule has 1 aliphatic rings. The highest BCUT2D eigenvalue weighted by Gasteiger charge is 2.43. The van der Waals surface area contributed by atoms with E-state index in [2.05, 4.69) is 5.32 Å². The van der Waals surface area contributed by atoms with Gasteiger partial charge in [0.1, 0.15) is 12.0 Å². The van der Waals surface area contributed by atoms with Crippen LogP contribution in [0.25, 0.3) is 0 Å². The highest BCUT2D eigenvalue weighted by atomic mass is 35.5. The molecule has 0 heterocycles. The Morgan fingerprint density at radius 1 is 1.18 bits per heavy atom. The maximum Gasteiger partial charge on any atom is 0.253 e. The first-order valence-electron chi connectivity index (χ1n) is 8.77. The molecule has 1 aliphatic carbocycles. The van der Waals surface area contributed by atoms with Crippen molar-refractivity contribution in [2.24, 2.45) is 0 Å². The molecule has 1 saturated carbocycles. The van der Waals surface area contributed by atoms with Gasteiger partial charge < -0.3 is 10.4 Å². The van der Waals surface area contributed by atoms with E-state index in [9.17, 15) is 18.7 Å². The van der Waals surface area contributed by atoms with E-state index < -0.39 is 29.5 Å². The van der Waals surface area contributed by atoms with Crippen LogP contribution < -0.4 is 5.32 Å². The van der Waals surface area contributed by atoms with Gasteiger partial charge in [-0.1, -0.05) is 46.9 Å². The molecule has 1 fully saturated rings. The standard InChI is InChI=1S/C20H18Cl3F2NO2/c21-11-4-5-13(15(22)10-11)19(27)26-18(14-2-1-3-16(25)17(14)23)20(28)8-6-12(24)7-9-20/h1-5,10,12,18,28H,6-9H2,(H,26,27). The van der Waals surface area contributed by atoms with Crippen LogP contribution in [0.2, 0.25) is 15.1 Å². The minimum absolute atomic E-state index is 0.0975. The van der Waals surface area contributed by atoms with Crippen LogP contribution >= 0.6 is 34.8 Å². The van der Waals surface area contributed by atoms with E-state index in [0.717, 1.165) is 0 Å². The number of nitrogens with one attached hydrogen (secondary N) is 1. The van der Waals surface area contributed by atoms with Crippen molar-refractivity contribution in [2.75, 3.05) is 0 Å². The highest BCUT2D eigenvalue weighted by Crippen LogP contribution is 2.42. The second-order valence-corrected chi connectivity index (χ2v) is 8.17. The number of aliphatic hydroxyl groups is 1. The molecule has 2 N–H and O–H groups in total. The molecule has 1 atom stereocenters. The van der Waals surface area contributed by atoms with Gasteiger partial charge in [0.25, 0.3) is 5.91 Å². The summed E-state index contributed by atoms with van der Waals surface area (Å²) in [6.45, 7) is 0. The molecule has 0 radical (unpaired) electrons. The lowest BCUT2D eigenvalue weighted by molar-refractivity contribution is -0.0445. The Morgan fingerprint density at radius 3 is 2.50 bits per heavy atom. The van der Waals surface area contributed by atoms with Crippen molar-refractivity contribution in [2.45, 2.75) is 43.5 Å². The minimum atomic E-state index is -1.48. The van der Waals surface area contributed by atoms with E-state index in [0.29, 0.717) is 5.02 Å². The Kier molecular flexibility index (Phi) is 6.50. The molecule has 28 heavy (non-hydrogen) atoms. The van der Waals surface area contributed by atoms with Crippen molar-refractivity contribution in [1.29, 1.82) is 0 Å². The third-order valence-electron chi connectivity index (χ3n) is 5.06. The predicted octanol–water partition coefficient (Wildman–Crippen LogP) is 5.90. The van der Waals surface area contributed by atoms with Crippen molar-refractivity contribution in [3.05, 3.63) is 68.4 Å². The van der Waals surface area contributed by atoms with Crippen LogP contribution in [-0.2, 0) is 0 Å². The number of carbonyl (C=O) groups is 1. The Labute approximate surface area is 176 Å². The third-order valence-corrected chi connectivity index (χ3v) is 6.01. The van der Waals surface area contributed by atoms with Crippen LogP contribution in [0.15, 0.2) is 36.4 Å². The van der Waals surface area contributed by atoms with Crippen molar-refractivity contribution in [3.63, 3.8) is 0 Å². The maximum absolute atomic E-state index is 14.0. The summed E-state index contributed by atoms with van der Waals surface area (Å²) in [7, 11) is 0. The number of hydrogen-bond donors (Lipinski definition) is 2. The molecule has 2 aromatic carbocycles. The van der Waals surface area contributed by atoms with Gasteiger partial charge in [0, 0.05) is 5.02 Å². The van der Waals surface area contributed by atoms with E-state index in [1.165, 1.54) is 36.4 Å². The maximum atomic E-state index is 14.0. The van der Waals surface area contributed by atoms with Gasteiger partial charge in [-0.05, 0) is 55.5 Å². The molecule has 0 aromatic heterocycles. The van der Waals surface area contributed by atoms with E-state index in [1.807, 2.05) is 0 Å². The highest BCUT2D eigenvalue weighted by molar-refractivity contribution is 6.36. The number of rotatable bonds is 4. The molecule has 0 bridgehead atoms. The van der Waals surface area contributed by atoms with Crippen LogP contribution in [0.1, 0.15) is 47.6 Å². The van der Waals surface area contributed by atoms with Crippen molar-refractivity contribution in [1.82, 2.24) is 5.32 Å². The SMILES string of the molecule is O=C(NC(c1cccc(F)c1Cl)C1(O)CCC(F)CC1)c1ccc(Cl)cc1Cl. The first-order chi connectivity index (χ1) is 13.2. The summed E-state index contributed by atoms with van der Waals surface area (Å²) in [6, 6.07) is 7.49. The first-order valence-corrected chi connectivity index (χ1v) is 9.91. The Morgan fingerprint density at radius 2 is 1.86 bits per heavy atom. The van der Waals surface area contributed by atoms with Gasteiger partial charge in [0.05, 0.1) is 27.3 Å². The second-order valence-electron chi connectivity index (χ2n) is 6.95. The van der Waals surface area contributed by atoms with Crippen molar-refractivity contribution >= 4 is 40.7 Å². The fourth-order valence-electron chi connectivity index (χ4n) is 3.50. The molecule has 1 amide bonds. The monoisotopic (exact) mass is 447 g/mol. The summed E-state index contributed by atoms with van der Waals surface area (Å²) < 4.78 is 27.7. The lowest BCUT2D eigenvalue weighted by Crippen LogP contribution is -2.48. The lowest BCUT2D eigenvalue weighted by atomic mass is 9.76. The van der Waals surface area contributed by atoms with Crippen LogP contribution in [0.5, 0.6) is 0 Å². The van der Waals surface area contributed by atoms with Gasteiger partial charge in [0.2, 0.25) is 0 Å². The number of hydrogen-bond acceptors (Lipinski definition) is 2. The number of alkyl halides is 1. The zero-order chi connectivity index (χ0) is 20.5. The molecule has 1 unspecified atom stereocenters. The van der Waals surface area contributed by atoms with Crippen LogP contribution in [0.4, 0.5) is 8.78 Å². The summed E-state index contributed by atoms with van der Waals surface area (Å²) in [4.78, 5) is 12.8. The topological polar surface area (TPSA) is 49.3 Å². The first kappa shape index (κ1) is 21.3. The average Bonchev–Trinajstić information content (AvgIpc) is 2.65. The Bertz CT molecular complexity index is 886. The van der Waals surface area contributed by atoms with Crippen LogP contribution in [0.3, 0.4) is 0 Å². The molecule has 150 valence electrons. The van der Waals surface area contributed by atoms with E-state index >= 15 is 0 Å². The number of halogens is 5. The average molecular weight is 449 g/mol. The van der Waals surface area contributed by atoms with Gasteiger partial charge in [-0.2, -0.15) is 0 Å². The van der Waals surface area contributed by atoms with Crippen LogP contribution in [0, 0.1) is 5.82 Å². The van der Waals surface area contributed by atoms with Gasteiger partial charge in [-0.15, -0.1) is 0 Å². The minimum Gasteiger partial charge on any atom is -0.387 e. The zero-order valence-electron chi connectivity index (χ0n) is 14.7. The Hall–Kier alpha value is -1.40. The predicted molar refractivity (Wildman–Crippen MR) is 106 cm³/mol. The zero-order valence-corrected chi connectivity index (χ0v) is 17.0. The molecule has 0 spiro atoms. The summed E-state index contributed by atoms with van der Waals surface area (Å²) >= 11 is 18.1. The summed E-state index contributed by atoms with van der Waals surface area (Å²) in [6.07, 6.45) is -0.555. The number of amides is 1. The van der Waals surface area contributed by atoms with Crippen LogP contribution in [-0.4, -0.2) is 22.8 Å². The second kappa shape index (κ2) is 8.54. The normalized spacial score (nSPS) is 23.3. The molecule has 0 aliphatic heterocycles. The van der Waals surface area contributed by atoms with Gasteiger partial charge in [0.15, 0.2) is 0 Å². The molecular formula is C20H18Cl3F2NO2. The molecule has 0 saturated heterocycles. The van der Waals surface area contributed by atoms with Gasteiger partial charge >= 0.3 is 0 Å². The van der Waals surface area contributed by atoms with E-state index in [1.54, 1.807) is 0 Å². The molecule has 8 heteroatoms. The summed E-state index contributed by atoms with van der Waals surface area (Å²) in [5.74, 6) is -1.26. The summed E-state index contributed by atoms with van der Waals surface area (Å²) in [5.41, 5.74) is -1.11. The lowest BCUT2D eigenvalue weighted by Gasteiger charge is -2.41. The molecular weight excluding hydrogens is 431 g/mol. The number of benzene rings is 2. The van der Waals surface area contributed by atoms with E-state index in [4.69, 9.17) is 34.8 Å². The fraction of sp³-hybridized carbons (Fsp3) is 0.350. The smallest absolute Gasteiger partial charge is 0.253 e. The summed E-state index contributed by atoms with van der Waals surface area (Å²) in [5, 5.41) is 14.2. The Balaban J connectivity index is 1.99. The van der Waals surface area contributed by atoms with Crippen molar-refractivity contribution < 1.29 is 18.7 Å². The molecule has 3 rings (SSSR count). The molecule has 2 aromatic rings.